The highest BCUT2D eigenvalue weighted by molar-refractivity contribution is 5.96. The molecular formula is C11H12N2O3. The number of anilines is 1. The van der Waals surface area contributed by atoms with Gasteiger partial charge in [0.05, 0.1) is 16.2 Å². The number of hydrogen-bond donors (Lipinski definition) is 0. The monoisotopic (exact) mass is 220 g/mol. The van der Waals surface area contributed by atoms with Crippen molar-refractivity contribution in [1.82, 2.24) is 0 Å². The molecular weight excluding hydrogens is 208 g/mol. The summed E-state index contributed by atoms with van der Waals surface area (Å²) in [5.74, 6) is 0.0450. The van der Waals surface area contributed by atoms with E-state index in [2.05, 4.69) is 0 Å². The van der Waals surface area contributed by atoms with Crippen LogP contribution in [0, 0.1) is 17.0 Å². The maximum atomic E-state index is 11.6. The second-order valence-electron chi connectivity index (χ2n) is 3.83. The number of nitro groups is 1. The lowest BCUT2D eigenvalue weighted by atomic mass is 10.1. The van der Waals surface area contributed by atoms with E-state index in [4.69, 9.17) is 0 Å². The average Bonchev–Trinajstić information content (AvgIpc) is 2.64. The summed E-state index contributed by atoms with van der Waals surface area (Å²) in [7, 11) is 0. The van der Waals surface area contributed by atoms with Crippen LogP contribution in [0.4, 0.5) is 11.4 Å². The van der Waals surface area contributed by atoms with Gasteiger partial charge in [-0.25, -0.2) is 0 Å². The summed E-state index contributed by atoms with van der Waals surface area (Å²) in [5.41, 5.74) is 1.29. The number of nitrogens with zero attached hydrogens (tertiary/aromatic N) is 2. The molecule has 5 nitrogen and oxygen atoms in total. The van der Waals surface area contributed by atoms with Crippen LogP contribution in [0.15, 0.2) is 18.2 Å². The van der Waals surface area contributed by atoms with Crippen LogP contribution in [0.3, 0.4) is 0 Å². The average molecular weight is 220 g/mol. The zero-order valence-electron chi connectivity index (χ0n) is 8.97. The molecule has 1 fully saturated rings. The quantitative estimate of drug-likeness (QED) is 0.565. The largest absolute Gasteiger partial charge is 0.312 e. The number of amides is 1. The molecule has 0 aliphatic carbocycles. The van der Waals surface area contributed by atoms with Crippen molar-refractivity contribution in [2.45, 2.75) is 19.8 Å². The van der Waals surface area contributed by atoms with Gasteiger partial charge >= 0.3 is 0 Å². The normalized spacial score (nSPS) is 15.6. The third-order valence-electron chi connectivity index (χ3n) is 2.84. The molecule has 1 saturated heterocycles. The third-order valence-corrected chi connectivity index (χ3v) is 2.84. The zero-order chi connectivity index (χ0) is 11.7. The van der Waals surface area contributed by atoms with Gasteiger partial charge in [-0.2, -0.15) is 0 Å². The number of carbonyl (C=O) groups excluding carboxylic acids is 1. The molecule has 5 heteroatoms. The molecule has 1 aliphatic heterocycles. The highest BCUT2D eigenvalue weighted by Crippen LogP contribution is 2.30. The van der Waals surface area contributed by atoms with E-state index in [1.807, 2.05) is 0 Å². The highest BCUT2D eigenvalue weighted by atomic mass is 16.6. The van der Waals surface area contributed by atoms with Gasteiger partial charge in [0.1, 0.15) is 0 Å². The van der Waals surface area contributed by atoms with Crippen molar-refractivity contribution < 1.29 is 9.72 Å². The molecule has 84 valence electrons. The van der Waals surface area contributed by atoms with E-state index in [0.717, 1.165) is 6.42 Å². The predicted molar refractivity (Wildman–Crippen MR) is 59.4 cm³/mol. The molecule has 0 N–H and O–H groups in total. The van der Waals surface area contributed by atoms with E-state index < -0.39 is 4.92 Å². The number of carbonyl (C=O) groups is 1. The van der Waals surface area contributed by atoms with Gasteiger partial charge in [-0.3, -0.25) is 14.9 Å². The summed E-state index contributed by atoms with van der Waals surface area (Å²) >= 11 is 0. The molecule has 0 saturated carbocycles. The molecule has 0 unspecified atom stereocenters. The van der Waals surface area contributed by atoms with Crippen molar-refractivity contribution in [3.05, 3.63) is 33.9 Å². The highest BCUT2D eigenvalue weighted by Gasteiger charge is 2.25. The van der Waals surface area contributed by atoms with Crippen LogP contribution in [0.25, 0.3) is 0 Å². The van der Waals surface area contributed by atoms with Crippen LogP contribution >= 0.6 is 0 Å². The van der Waals surface area contributed by atoms with Crippen molar-refractivity contribution in [2.24, 2.45) is 0 Å². The number of nitro benzene ring substituents is 1. The Hall–Kier alpha value is -1.91. The second-order valence-corrected chi connectivity index (χ2v) is 3.83. The summed E-state index contributed by atoms with van der Waals surface area (Å²) in [6, 6.07) is 4.83. The summed E-state index contributed by atoms with van der Waals surface area (Å²) in [4.78, 5) is 23.5. The Balaban J connectivity index is 2.45. The molecule has 0 atom stereocenters. The molecule has 16 heavy (non-hydrogen) atoms. The molecule has 0 bridgehead atoms. The fourth-order valence-corrected chi connectivity index (χ4v) is 2.00. The zero-order valence-corrected chi connectivity index (χ0v) is 8.97. The Bertz CT molecular complexity index is 457. The SMILES string of the molecule is Cc1c(N2CCCC2=O)cccc1[N+](=O)[O-]. The predicted octanol–water partition coefficient (Wildman–Crippen LogP) is 2.03. The van der Waals surface area contributed by atoms with Crippen LogP contribution in [-0.2, 0) is 4.79 Å². The van der Waals surface area contributed by atoms with Crippen molar-refractivity contribution >= 4 is 17.3 Å². The smallest absolute Gasteiger partial charge is 0.274 e. The van der Waals surface area contributed by atoms with Gasteiger partial charge in [-0.1, -0.05) is 6.07 Å². The van der Waals surface area contributed by atoms with E-state index in [1.54, 1.807) is 24.0 Å². The molecule has 1 heterocycles. The van der Waals surface area contributed by atoms with Crippen LogP contribution in [0.5, 0.6) is 0 Å². The van der Waals surface area contributed by atoms with E-state index >= 15 is 0 Å². The standard InChI is InChI=1S/C11H12N2O3/c1-8-9(12-7-3-6-11(12)14)4-2-5-10(8)13(15)16/h2,4-5H,3,6-7H2,1H3. The van der Waals surface area contributed by atoms with Crippen molar-refractivity contribution in [2.75, 3.05) is 11.4 Å². The Kier molecular flexibility index (Phi) is 2.60. The second kappa shape index (κ2) is 3.92. The summed E-state index contributed by atoms with van der Waals surface area (Å²) in [6.07, 6.45) is 1.35. The van der Waals surface area contributed by atoms with Gasteiger partial charge in [0.15, 0.2) is 0 Å². The van der Waals surface area contributed by atoms with Gasteiger partial charge in [0.25, 0.3) is 5.69 Å². The lowest BCUT2D eigenvalue weighted by Crippen LogP contribution is -2.24. The fourth-order valence-electron chi connectivity index (χ4n) is 2.00. The minimum Gasteiger partial charge on any atom is -0.312 e. The molecule has 1 aromatic rings. The Labute approximate surface area is 92.8 Å². The number of benzene rings is 1. The Morgan fingerprint density at radius 2 is 2.19 bits per heavy atom. The summed E-state index contributed by atoms with van der Waals surface area (Å²) < 4.78 is 0. The van der Waals surface area contributed by atoms with Gasteiger partial charge in [0.2, 0.25) is 5.91 Å². The molecule has 1 aliphatic rings. The van der Waals surface area contributed by atoms with E-state index in [-0.39, 0.29) is 11.6 Å². The first kappa shape index (κ1) is 10.6. The number of hydrogen-bond acceptors (Lipinski definition) is 3. The molecule has 0 aromatic heterocycles. The Morgan fingerprint density at radius 1 is 1.44 bits per heavy atom. The number of rotatable bonds is 2. The molecule has 0 radical (unpaired) electrons. The van der Waals surface area contributed by atoms with Crippen molar-refractivity contribution in [1.29, 1.82) is 0 Å². The molecule has 1 aromatic carbocycles. The van der Waals surface area contributed by atoms with Gasteiger partial charge < -0.3 is 4.90 Å². The molecule has 1 amide bonds. The minimum atomic E-state index is -0.417. The summed E-state index contributed by atoms with van der Waals surface area (Å²) in [6.45, 7) is 2.33. The third kappa shape index (κ3) is 1.64. The van der Waals surface area contributed by atoms with E-state index in [0.29, 0.717) is 24.2 Å². The van der Waals surface area contributed by atoms with Gasteiger partial charge in [0, 0.05) is 19.0 Å². The lowest BCUT2D eigenvalue weighted by Gasteiger charge is -2.17. The van der Waals surface area contributed by atoms with Crippen LogP contribution in [0.2, 0.25) is 0 Å². The van der Waals surface area contributed by atoms with Crippen molar-refractivity contribution in [3.8, 4) is 0 Å². The van der Waals surface area contributed by atoms with Gasteiger partial charge in [-0.05, 0) is 19.4 Å². The first-order valence-electron chi connectivity index (χ1n) is 5.15. The molecule has 0 spiro atoms. The lowest BCUT2D eigenvalue weighted by molar-refractivity contribution is -0.385. The van der Waals surface area contributed by atoms with Crippen LogP contribution in [-0.4, -0.2) is 17.4 Å². The molecule has 2 rings (SSSR count). The van der Waals surface area contributed by atoms with E-state index in [9.17, 15) is 14.9 Å². The van der Waals surface area contributed by atoms with Gasteiger partial charge in [-0.15, -0.1) is 0 Å². The Morgan fingerprint density at radius 3 is 2.75 bits per heavy atom. The van der Waals surface area contributed by atoms with Crippen LogP contribution in [0.1, 0.15) is 18.4 Å². The van der Waals surface area contributed by atoms with Crippen LogP contribution < -0.4 is 4.90 Å². The maximum Gasteiger partial charge on any atom is 0.274 e. The minimum absolute atomic E-state index is 0.0450. The van der Waals surface area contributed by atoms with Crippen molar-refractivity contribution in [3.63, 3.8) is 0 Å². The summed E-state index contributed by atoms with van der Waals surface area (Å²) in [5, 5.41) is 10.8. The fraction of sp³-hybridized carbons (Fsp3) is 0.364. The first-order valence-corrected chi connectivity index (χ1v) is 5.15. The van der Waals surface area contributed by atoms with E-state index in [1.165, 1.54) is 6.07 Å². The maximum absolute atomic E-state index is 11.6. The first-order chi connectivity index (χ1) is 7.61. The topological polar surface area (TPSA) is 63.5 Å².